The lowest BCUT2D eigenvalue weighted by Crippen LogP contribution is -1.93. The second-order valence-electron chi connectivity index (χ2n) is 8.92. The predicted octanol–water partition coefficient (Wildman–Crippen LogP) is 7.74. The number of benzene rings is 6. The van der Waals surface area contributed by atoms with Gasteiger partial charge in [-0.1, -0.05) is 72.8 Å². The van der Waals surface area contributed by atoms with E-state index in [2.05, 4.69) is 78.9 Å². The maximum absolute atomic E-state index is 6.08. The fourth-order valence-corrected chi connectivity index (χ4v) is 4.98. The maximum Gasteiger partial charge on any atom is 0.0314 e. The van der Waals surface area contributed by atoms with Crippen molar-refractivity contribution < 1.29 is 0 Å². The monoisotopic (exact) mass is 451 g/mol. The lowest BCUT2D eigenvalue weighted by molar-refractivity contribution is 1.62. The molecular formula is C32H25N3. The first-order valence-corrected chi connectivity index (χ1v) is 11.6. The molecule has 35 heavy (non-hydrogen) atoms. The molecule has 0 aliphatic carbocycles. The number of rotatable bonds is 3. The lowest BCUT2D eigenvalue weighted by atomic mass is 9.84. The molecule has 0 radical (unpaired) electrons. The largest absolute Gasteiger partial charge is 0.399 e. The Labute approximate surface area is 204 Å². The minimum absolute atomic E-state index is 0.746. The van der Waals surface area contributed by atoms with E-state index in [4.69, 9.17) is 17.2 Å². The molecule has 0 saturated heterocycles. The van der Waals surface area contributed by atoms with Crippen molar-refractivity contribution in [3.8, 4) is 33.4 Å². The number of nitrogens with two attached hydrogens (primary N) is 3. The molecule has 0 spiro atoms. The van der Waals surface area contributed by atoms with E-state index < -0.39 is 0 Å². The van der Waals surface area contributed by atoms with Crippen LogP contribution < -0.4 is 17.2 Å². The summed E-state index contributed by atoms with van der Waals surface area (Å²) in [6.45, 7) is 0. The molecule has 0 aliphatic rings. The van der Waals surface area contributed by atoms with Crippen LogP contribution in [0.5, 0.6) is 0 Å². The molecule has 6 N–H and O–H groups in total. The molecule has 0 unspecified atom stereocenters. The van der Waals surface area contributed by atoms with Crippen molar-refractivity contribution in [3.05, 3.63) is 115 Å². The summed E-state index contributed by atoms with van der Waals surface area (Å²) < 4.78 is 0. The van der Waals surface area contributed by atoms with Gasteiger partial charge in [0.1, 0.15) is 0 Å². The predicted molar refractivity (Wildman–Crippen MR) is 151 cm³/mol. The Balaban J connectivity index is 1.80. The molecule has 0 fully saturated rings. The van der Waals surface area contributed by atoms with E-state index in [0.29, 0.717) is 0 Å². The van der Waals surface area contributed by atoms with E-state index in [1.54, 1.807) is 0 Å². The van der Waals surface area contributed by atoms with Crippen LogP contribution in [-0.2, 0) is 0 Å². The fourth-order valence-electron chi connectivity index (χ4n) is 4.98. The second-order valence-corrected chi connectivity index (χ2v) is 8.92. The molecule has 3 nitrogen and oxygen atoms in total. The van der Waals surface area contributed by atoms with Gasteiger partial charge in [0, 0.05) is 17.1 Å². The maximum atomic E-state index is 6.08. The highest BCUT2D eigenvalue weighted by Crippen LogP contribution is 2.45. The Bertz CT molecular complexity index is 1580. The van der Waals surface area contributed by atoms with Crippen molar-refractivity contribution in [3.63, 3.8) is 0 Å². The van der Waals surface area contributed by atoms with Gasteiger partial charge in [-0.05, 0) is 97.4 Å². The molecule has 0 amide bonds. The van der Waals surface area contributed by atoms with Crippen molar-refractivity contribution in [1.82, 2.24) is 0 Å². The van der Waals surface area contributed by atoms with Gasteiger partial charge in [0.05, 0.1) is 0 Å². The van der Waals surface area contributed by atoms with Gasteiger partial charge >= 0.3 is 0 Å². The van der Waals surface area contributed by atoms with Gasteiger partial charge in [-0.3, -0.25) is 0 Å². The van der Waals surface area contributed by atoms with Gasteiger partial charge in [-0.2, -0.15) is 0 Å². The number of hydrogen-bond acceptors (Lipinski definition) is 3. The lowest BCUT2D eigenvalue weighted by Gasteiger charge is -2.19. The third kappa shape index (κ3) is 3.64. The van der Waals surface area contributed by atoms with Crippen molar-refractivity contribution in [2.24, 2.45) is 0 Å². The zero-order valence-electron chi connectivity index (χ0n) is 19.2. The van der Waals surface area contributed by atoms with E-state index in [9.17, 15) is 0 Å². The van der Waals surface area contributed by atoms with Gasteiger partial charge in [-0.25, -0.2) is 0 Å². The Morgan fingerprint density at radius 3 is 1.14 bits per heavy atom. The fraction of sp³-hybridized carbons (Fsp3) is 0. The molecule has 0 aliphatic heterocycles. The van der Waals surface area contributed by atoms with E-state index in [1.165, 1.54) is 38.2 Å². The van der Waals surface area contributed by atoms with Crippen LogP contribution in [0.4, 0.5) is 17.1 Å². The van der Waals surface area contributed by atoms with E-state index >= 15 is 0 Å². The molecule has 0 bridgehead atoms. The average Bonchev–Trinajstić information content (AvgIpc) is 2.88. The summed E-state index contributed by atoms with van der Waals surface area (Å²) in [5.41, 5.74) is 27.2. The molecule has 6 rings (SSSR count). The van der Waals surface area contributed by atoms with Gasteiger partial charge in [0.15, 0.2) is 0 Å². The second kappa shape index (κ2) is 8.23. The summed E-state index contributed by atoms with van der Waals surface area (Å²) in [5, 5.41) is 4.79. The highest BCUT2D eigenvalue weighted by molar-refractivity contribution is 6.20. The van der Waals surface area contributed by atoms with Crippen LogP contribution >= 0.6 is 0 Å². The van der Waals surface area contributed by atoms with E-state index in [-0.39, 0.29) is 0 Å². The van der Waals surface area contributed by atoms with Crippen LogP contribution in [0.25, 0.3) is 54.9 Å². The van der Waals surface area contributed by atoms with Crippen LogP contribution in [0, 0.1) is 0 Å². The topological polar surface area (TPSA) is 78.1 Å². The number of anilines is 3. The highest BCUT2D eigenvalue weighted by atomic mass is 14.5. The summed E-state index contributed by atoms with van der Waals surface area (Å²) >= 11 is 0. The van der Waals surface area contributed by atoms with Crippen LogP contribution in [0.1, 0.15) is 0 Å². The Morgan fingerprint density at radius 1 is 0.371 bits per heavy atom. The Kier molecular flexibility index (Phi) is 4.89. The van der Waals surface area contributed by atoms with Gasteiger partial charge < -0.3 is 17.2 Å². The number of nitrogen functional groups attached to an aromatic ring is 3. The third-order valence-electron chi connectivity index (χ3n) is 6.65. The van der Waals surface area contributed by atoms with E-state index in [0.717, 1.165) is 33.8 Å². The van der Waals surface area contributed by atoms with Gasteiger partial charge in [0.25, 0.3) is 0 Å². The molecule has 3 heteroatoms. The summed E-state index contributed by atoms with van der Waals surface area (Å²) in [6, 6.07) is 39.6. The Morgan fingerprint density at radius 2 is 0.743 bits per heavy atom. The average molecular weight is 452 g/mol. The molecule has 6 aromatic rings. The third-order valence-corrected chi connectivity index (χ3v) is 6.65. The first-order chi connectivity index (χ1) is 17.1. The minimum Gasteiger partial charge on any atom is -0.399 e. The smallest absolute Gasteiger partial charge is 0.0314 e. The zero-order chi connectivity index (χ0) is 23.9. The molecule has 168 valence electrons. The standard InChI is InChI=1S/C32H25N3/c33-25-13-7-20(8-14-25)28-5-1-3-23-19-24-4-2-6-29(21-9-15-26(34)16-10-21)31(24)32(30(23)28)22-11-17-27(35)18-12-22/h1-19H,33-35H2. The molecular weight excluding hydrogens is 426 g/mol. The summed E-state index contributed by atoms with van der Waals surface area (Å²) in [7, 11) is 0. The quantitative estimate of drug-likeness (QED) is 0.190. The highest BCUT2D eigenvalue weighted by Gasteiger charge is 2.17. The normalized spacial score (nSPS) is 11.2. The number of hydrogen-bond donors (Lipinski definition) is 3. The molecule has 0 aromatic heterocycles. The summed E-state index contributed by atoms with van der Waals surface area (Å²) in [5.74, 6) is 0. The van der Waals surface area contributed by atoms with Crippen LogP contribution in [-0.4, -0.2) is 0 Å². The van der Waals surface area contributed by atoms with Crippen LogP contribution in [0.15, 0.2) is 115 Å². The minimum atomic E-state index is 0.746. The molecule has 0 atom stereocenters. The molecule has 0 heterocycles. The van der Waals surface area contributed by atoms with Gasteiger partial charge in [-0.15, -0.1) is 0 Å². The summed E-state index contributed by atoms with van der Waals surface area (Å²) in [6.07, 6.45) is 0. The number of fused-ring (bicyclic) bond motifs is 2. The molecule has 0 saturated carbocycles. The van der Waals surface area contributed by atoms with E-state index in [1.807, 2.05) is 36.4 Å². The van der Waals surface area contributed by atoms with Crippen molar-refractivity contribution in [1.29, 1.82) is 0 Å². The first-order valence-electron chi connectivity index (χ1n) is 11.6. The summed E-state index contributed by atoms with van der Waals surface area (Å²) in [4.78, 5) is 0. The zero-order valence-corrected chi connectivity index (χ0v) is 19.2. The first kappa shape index (κ1) is 20.8. The van der Waals surface area contributed by atoms with Crippen molar-refractivity contribution >= 4 is 38.6 Å². The molecule has 6 aromatic carbocycles. The SMILES string of the molecule is Nc1ccc(-c2cccc3cc4cccc(-c5ccc(N)cc5)c4c(-c4ccc(N)cc4)c23)cc1. The van der Waals surface area contributed by atoms with Crippen molar-refractivity contribution in [2.75, 3.05) is 17.2 Å². The Hall–Kier alpha value is -4.76. The van der Waals surface area contributed by atoms with Crippen LogP contribution in [0.3, 0.4) is 0 Å². The van der Waals surface area contributed by atoms with Crippen molar-refractivity contribution in [2.45, 2.75) is 0 Å². The van der Waals surface area contributed by atoms with Crippen LogP contribution in [0.2, 0.25) is 0 Å². The van der Waals surface area contributed by atoms with Gasteiger partial charge in [0.2, 0.25) is 0 Å².